The molecule has 7 heteroatoms. The van der Waals surface area contributed by atoms with Crippen LogP contribution < -0.4 is 5.56 Å². The van der Waals surface area contributed by atoms with Crippen LogP contribution in [-0.2, 0) is 12.7 Å². The molecule has 2 aromatic rings. The molecule has 19 heavy (non-hydrogen) atoms. The van der Waals surface area contributed by atoms with Crippen molar-refractivity contribution in [1.29, 1.82) is 0 Å². The first-order valence-corrected chi connectivity index (χ1v) is 5.23. The molecule has 0 saturated carbocycles. The van der Waals surface area contributed by atoms with Crippen LogP contribution in [0.2, 0.25) is 0 Å². The molecule has 2 heterocycles. The molecule has 0 bridgehead atoms. The van der Waals surface area contributed by atoms with Gasteiger partial charge in [-0.25, -0.2) is 0 Å². The van der Waals surface area contributed by atoms with Crippen molar-refractivity contribution in [3.63, 3.8) is 0 Å². The largest absolute Gasteiger partial charge is 0.461 e. The number of carbonyl (C=O) groups excluding carboxylic acids is 1. The maximum atomic E-state index is 12.7. The van der Waals surface area contributed by atoms with Crippen LogP contribution in [0.1, 0.15) is 16.2 Å². The van der Waals surface area contributed by atoms with Crippen molar-refractivity contribution in [3.8, 4) is 0 Å². The first-order valence-electron chi connectivity index (χ1n) is 5.23. The molecule has 0 unspecified atom stereocenters. The number of alkyl halides is 3. The number of ketones is 1. The molecule has 0 aromatic carbocycles. The minimum Gasteiger partial charge on any atom is -0.461 e. The Hall–Kier alpha value is -2.31. The molecule has 0 aliphatic heterocycles. The Bertz CT molecular complexity index is 641. The van der Waals surface area contributed by atoms with Gasteiger partial charge in [0.25, 0.3) is 5.56 Å². The molecule has 0 aliphatic rings. The Morgan fingerprint density at radius 2 is 1.95 bits per heavy atom. The van der Waals surface area contributed by atoms with Gasteiger partial charge in [0.15, 0.2) is 5.76 Å². The zero-order valence-corrected chi connectivity index (χ0v) is 9.48. The SMILES string of the molecule is O=C(Cn1c(C(F)(F)F)cccc1=O)c1ccco1. The van der Waals surface area contributed by atoms with Gasteiger partial charge in [-0.2, -0.15) is 13.2 Å². The highest BCUT2D eigenvalue weighted by molar-refractivity contribution is 5.93. The molecule has 0 fully saturated rings. The Kier molecular flexibility index (Phi) is 3.28. The molecule has 2 rings (SSSR count). The van der Waals surface area contributed by atoms with Gasteiger partial charge in [-0.15, -0.1) is 0 Å². The summed E-state index contributed by atoms with van der Waals surface area (Å²) in [7, 11) is 0. The summed E-state index contributed by atoms with van der Waals surface area (Å²) in [6.07, 6.45) is -3.48. The van der Waals surface area contributed by atoms with Crippen molar-refractivity contribution in [3.05, 3.63) is 58.4 Å². The summed E-state index contributed by atoms with van der Waals surface area (Å²) in [6.45, 7) is -0.720. The summed E-state index contributed by atoms with van der Waals surface area (Å²) >= 11 is 0. The minimum absolute atomic E-state index is 0.0936. The minimum atomic E-state index is -4.70. The van der Waals surface area contributed by atoms with Gasteiger partial charge in [0.2, 0.25) is 5.78 Å². The van der Waals surface area contributed by atoms with Crippen molar-refractivity contribution < 1.29 is 22.4 Å². The van der Waals surface area contributed by atoms with Crippen LogP contribution in [0.3, 0.4) is 0 Å². The highest BCUT2D eigenvalue weighted by atomic mass is 19.4. The number of furan rings is 1. The van der Waals surface area contributed by atoms with Crippen LogP contribution >= 0.6 is 0 Å². The van der Waals surface area contributed by atoms with Crippen molar-refractivity contribution in [2.24, 2.45) is 0 Å². The lowest BCUT2D eigenvalue weighted by atomic mass is 10.2. The number of halogens is 3. The third kappa shape index (κ3) is 2.75. The van der Waals surface area contributed by atoms with E-state index < -0.39 is 29.8 Å². The van der Waals surface area contributed by atoms with E-state index in [9.17, 15) is 22.8 Å². The summed E-state index contributed by atoms with van der Waals surface area (Å²) in [6, 6.07) is 5.47. The van der Waals surface area contributed by atoms with Crippen LogP contribution in [0, 0.1) is 0 Å². The first-order chi connectivity index (χ1) is 8.89. The quantitative estimate of drug-likeness (QED) is 0.805. The number of pyridine rings is 1. The fourth-order valence-corrected chi connectivity index (χ4v) is 1.59. The summed E-state index contributed by atoms with van der Waals surface area (Å²) in [4.78, 5) is 23.2. The molecule has 0 amide bonds. The van der Waals surface area contributed by atoms with Gasteiger partial charge >= 0.3 is 6.18 Å². The van der Waals surface area contributed by atoms with E-state index in [-0.39, 0.29) is 5.76 Å². The van der Waals surface area contributed by atoms with E-state index >= 15 is 0 Å². The normalized spacial score (nSPS) is 11.5. The second-order valence-corrected chi connectivity index (χ2v) is 3.73. The second-order valence-electron chi connectivity index (χ2n) is 3.73. The zero-order chi connectivity index (χ0) is 14.0. The number of nitrogens with zero attached hydrogens (tertiary/aromatic N) is 1. The first kappa shape index (κ1) is 13.1. The third-order valence-electron chi connectivity index (χ3n) is 2.44. The lowest BCUT2D eigenvalue weighted by Crippen LogP contribution is -2.30. The standard InChI is InChI=1S/C12H8F3NO3/c13-12(14,15)10-4-1-5-11(18)16(10)7-8(17)9-3-2-6-19-9/h1-6H,7H2. The molecular formula is C12H8F3NO3. The number of hydrogen-bond acceptors (Lipinski definition) is 3. The lowest BCUT2D eigenvalue weighted by molar-refractivity contribution is -0.144. The van der Waals surface area contributed by atoms with E-state index in [0.717, 1.165) is 18.2 Å². The molecular weight excluding hydrogens is 263 g/mol. The van der Waals surface area contributed by atoms with Crippen molar-refractivity contribution in [2.45, 2.75) is 12.7 Å². The fraction of sp³-hybridized carbons (Fsp3) is 0.167. The van der Waals surface area contributed by atoms with Gasteiger partial charge in [-0.05, 0) is 18.2 Å². The van der Waals surface area contributed by atoms with Gasteiger partial charge in [0, 0.05) is 6.07 Å². The van der Waals surface area contributed by atoms with E-state index in [1.165, 1.54) is 18.4 Å². The molecule has 4 nitrogen and oxygen atoms in total. The smallest absolute Gasteiger partial charge is 0.431 e. The van der Waals surface area contributed by atoms with Crippen molar-refractivity contribution >= 4 is 5.78 Å². The van der Waals surface area contributed by atoms with Gasteiger partial charge in [-0.1, -0.05) is 6.07 Å². The van der Waals surface area contributed by atoms with Crippen LogP contribution in [0.5, 0.6) is 0 Å². The fourth-order valence-electron chi connectivity index (χ4n) is 1.59. The van der Waals surface area contributed by atoms with E-state index in [0.29, 0.717) is 4.57 Å². The second kappa shape index (κ2) is 4.75. The Balaban J connectivity index is 2.40. The van der Waals surface area contributed by atoms with Crippen molar-refractivity contribution in [1.82, 2.24) is 4.57 Å². The Morgan fingerprint density at radius 1 is 1.21 bits per heavy atom. The highest BCUT2D eigenvalue weighted by Gasteiger charge is 2.34. The van der Waals surface area contributed by atoms with Gasteiger partial charge in [-0.3, -0.25) is 14.2 Å². The summed E-state index contributed by atoms with van der Waals surface area (Å²) in [5, 5.41) is 0. The zero-order valence-electron chi connectivity index (χ0n) is 9.48. The molecule has 0 N–H and O–H groups in total. The van der Waals surface area contributed by atoms with E-state index in [1.807, 2.05) is 0 Å². The third-order valence-corrected chi connectivity index (χ3v) is 2.44. The molecule has 0 atom stereocenters. The number of rotatable bonds is 3. The number of aromatic nitrogens is 1. The van der Waals surface area contributed by atoms with Gasteiger partial charge in [0.1, 0.15) is 5.69 Å². The van der Waals surface area contributed by atoms with E-state index in [1.54, 1.807) is 0 Å². The van der Waals surface area contributed by atoms with Crippen LogP contribution in [0.4, 0.5) is 13.2 Å². The van der Waals surface area contributed by atoms with Crippen molar-refractivity contribution in [2.75, 3.05) is 0 Å². The molecule has 0 aliphatic carbocycles. The number of Topliss-reactive ketones (excluding diaryl/α,β-unsaturated/α-hetero) is 1. The molecule has 0 radical (unpaired) electrons. The summed E-state index contributed by atoms with van der Waals surface area (Å²) < 4.78 is 43.3. The van der Waals surface area contributed by atoms with E-state index in [2.05, 4.69) is 0 Å². The van der Waals surface area contributed by atoms with Crippen LogP contribution in [-0.4, -0.2) is 10.4 Å². The summed E-state index contributed by atoms with van der Waals surface area (Å²) in [5.74, 6) is -0.798. The molecule has 0 spiro atoms. The Morgan fingerprint density at radius 3 is 2.53 bits per heavy atom. The average molecular weight is 271 g/mol. The molecule has 100 valence electrons. The predicted molar refractivity (Wildman–Crippen MR) is 58.7 cm³/mol. The lowest BCUT2D eigenvalue weighted by Gasteiger charge is -2.13. The highest BCUT2D eigenvalue weighted by Crippen LogP contribution is 2.28. The predicted octanol–water partition coefficient (Wildman–Crippen LogP) is 2.34. The van der Waals surface area contributed by atoms with E-state index in [4.69, 9.17) is 4.42 Å². The van der Waals surface area contributed by atoms with Gasteiger partial charge in [0.05, 0.1) is 12.8 Å². The molecule has 0 saturated heterocycles. The topological polar surface area (TPSA) is 52.2 Å². The number of carbonyl (C=O) groups is 1. The summed E-state index contributed by atoms with van der Waals surface area (Å²) in [5.41, 5.74) is -2.06. The average Bonchev–Trinajstić information content (AvgIpc) is 2.83. The Labute approximate surface area is 105 Å². The van der Waals surface area contributed by atoms with Gasteiger partial charge < -0.3 is 4.42 Å². The maximum Gasteiger partial charge on any atom is 0.431 e. The number of hydrogen-bond donors (Lipinski definition) is 0. The van der Waals surface area contributed by atoms with Crippen LogP contribution in [0.25, 0.3) is 0 Å². The maximum absolute atomic E-state index is 12.7. The monoisotopic (exact) mass is 271 g/mol. The molecule has 2 aromatic heterocycles. The van der Waals surface area contributed by atoms with Crippen LogP contribution in [0.15, 0.2) is 45.8 Å².